The molecule has 1 aromatic heterocycles. The molecule has 1 rings (SSSR count). The molecule has 1 N–H and O–H groups in total. The smallest absolute Gasteiger partial charge is 0.203 e. The zero-order valence-electron chi connectivity index (χ0n) is 10.5. The first kappa shape index (κ1) is 12.1. The molecule has 15 heavy (non-hydrogen) atoms. The summed E-state index contributed by atoms with van der Waals surface area (Å²) in [4.78, 5) is 4.36. The summed E-state index contributed by atoms with van der Waals surface area (Å²) in [7, 11) is 0. The van der Waals surface area contributed by atoms with Crippen LogP contribution in [-0.2, 0) is 0 Å². The van der Waals surface area contributed by atoms with Crippen molar-refractivity contribution in [3.63, 3.8) is 0 Å². The number of imidazole rings is 1. The van der Waals surface area contributed by atoms with Crippen molar-refractivity contribution in [2.75, 3.05) is 5.32 Å². The Morgan fingerprint density at radius 3 is 2.67 bits per heavy atom. The number of hydrogen-bond donors (Lipinski definition) is 1. The van der Waals surface area contributed by atoms with Crippen LogP contribution < -0.4 is 5.32 Å². The summed E-state index contributed by atoms with van der Waals surface area (Å²) in [5, 5.41) is 3.50. The first-order valence-electron chi connectivity index (χ1n) is 5.77. The molecule has 0 aliphatic carbocycles. The molecule has 3 nitrogen and oxygen atoms in total. The zero-order chi connectivity index (χ0) is 11.5. The van der Waals surface area contributed by atoms with Gasteiger partial charge in [0.1, 0.15) is 0 Å². The van der Waals surface area contributed by atoms with Crippen LogP contribution >= 0.6 is 0 Å². The van der Waals surface area contributed by atoms with E-state index in [0.29, 0.717) is 6.04 Å². The van der Waals surface area contributed by atoms with Crippen molar-refractivity contribution >= 4 is 5.95 Å². The van der Waals surface area contributed by atoms with Gasteiger partial charge in [-0.25, -0.2) is 4.98 Å². The molecule has 3 heteroatoms. The first-order valence-corrected chi connectivity index (χ1v) is 5.77. The highest BCUT2D eigenvalue weighted by molar-refractivity contribution is 5.30. The summed E-state index contributed by atoms with van der Waals surface area (Å²) in [6.45, 7) is 11.0. The van der Waals surface area contributed by atoms with E-state index >= 15 is 0 Å². The zero-order valence-corrected chi connectivity index (χ0v) is 10.5. The summed E-state index contributed by atoms with van der Waals surface area (Å²) >= 11 is 0. The van der Waals surface area contributed by atoms with Crippen LogP contribution in [0.3, 0.4) is 0 Å². The van der Waals surface area contributed by atoms with Crippen LogP contribution in [0.4, 0.5) is 5.95 Å². The van der Waals surface area contributed by atoms with E-state index in [1.54, 1.807) is 0 Å². The van der Waals surface area contributed by atoms with Gasteiger partial charge in [-0.3, -0.25) is 0 Å². The summed E-state index contributed by atoms with van der Waals surface area (Å²) in [5.41, 5.74) is 0.118. The highest BCUT2D eigenvalue weighted by Gasteiger charge is 2.18. The van der Waals surface area contributed by atoms with E-state index in [2.05, 4.69) is 49.5 Å². The molecule has 0 saturated heterocycles. The molecule has 0 fully saturated rings. The van der Waals surface area contributed by atoms with Crippen molar-refractivity contribution in [3.05, 3.63) is 12.4 Å². The van der Waals surface area contributed by atoms with Crippen LogP contribution in [0.5, 0.6) is 0 Å². The fourth-order valence-electron chi connectivity index (χ4n) is 1.82. The molecular formula is C12H23N3. The molecule has 0 spiro atoms. The van der Waals surface area contributed by atoms with E-state index in [-0.39, 0.29) is 5.54 Å². The predicted molar refractivity (Wildman–Crippen MR) is 65.2 cm³/mol. The molecule has 0 saturated carbocycles. The maximum absolute atomic E-state index is 4.36. The van der Waals surface area contributed by atoms with Crippen molar-refractivity contribution in [3.8, 4) is 0 Å². The number of hydrogen-bond acceptors (Lipinski definition) is 2. The van der Waals surface area contributed by atoms with Crippen molar-refractivity contribution in [1.29, 1.82) is 0 Å². The predicted octanol–water partition coefficient (Wildman–Crippen LogP) is 3.45. The minimum Gasteiger partial charge on any atom is -0.351 e. The summed E-state index contributed by atoms with van der Waals surface area (Å²) < 4.78 is 2.16. The molecule has 0 atom stereocenters. The molecule has 86 valence electrons. The van der Waals surface area contributed by atoms with Gasteiger partial charge >= 0.3 is 0 Å². The number of aromatic nitrogens is 2. The third-order valence-corrected chi connectivity index (χ3v) is 2.55. The van der Waals surface area contributed by atoms with Gasteiger partial charge in [0.05, 0.1) is 0 Å². The Kier molecular flexibility index (Phi) is 3.77. The molecule has 1 aromatic rings. The van der Waals surface area contributed by atoms with Gasteiger partial charge in [0.25, 0.3) is 0 Å². The minimum atomic E-state index is 0.118. The van der Waals surface area contributed by atoms with Crippen molar-refractivity contribution < 1.29 is 0 Å². The summed E-state index contributed by atoms with van der Waals surface area (Å²) in [5.74, 6) is 0.975. The van der Waals surface area contributed by atoms with Crippen LogP contribution in [0, 0.1) is 0 Å². The monoisotopic (exact) mass is 209 g/mol. The van der Waals surface area contributed by atoms with Gasteiger partial charge in [-0.05, 0) is 34.1 Å². The molecule has 0 radical (unpaired) electrons. The third kappa shape index (κ3) is 3.26. The number of anilines is 1. The van der Waals surface area contributed by atoms with E-state index in [1.807, 2.05) is 12.4 Å². The van der Waals surface area contributed by atoms with E-state index in [4.69, 9.17) is 0 Å². The van der Waals surface area contributed by atoms with Gasteiger partial charge in [0.2, 0.25) is 5.95 Å². The van der Waals surface area contributed by atoms with Crippen LogP contribution in [0.2, 0.25) is 0 Å². The lowest BCUT2D eigenvalue weighted by atomic mass is 9.99. The topological polar surface area (TPSA) is 29.9 Å². The van der Waals surface area contributed by atoms with E-state index in [1.165, 1.54) is 6.42 Å². The standard InChI is InChI=1S/C12H23N3/c1-6-7-12(4,5)14-11-13-8-9-15(11)10(2)3/h8-10H,6-7H2,1-5H3,(H,13,14). The van der Waals surface area contributed by atoms with Crippen LogP contribution in [-0.4, -0.2) is 15.1 Å². The maximum Gasteiger partial charge on any atom is 0.203 e. The fraction of sp³-hybridized carbons (Fsp3) is 0.750. The lowest BCUT2D eigenvalue weighted by Gasteiger charge is -2.27. The first-order chi connectivity index (χ1) is 6.96. The Bertz CT molecular complexity index is 300. The Balaban J connectivity index is 2.75. The van der Waals surface area contributed by atoms with Crippen LogP contribution in [0.15, 0.2) is 12.4 Å². The average molecular weight is 209 g/mol. The van der Waals surface area contributed by atoms with Crippen molar-refractivity contribution in [2.24, 2.45) is 0 Å². The quantitative estimate of drug-likeness (QED) is 0.805. The van der Waals surface area contributed by atoms with Crippen LogP contribution in [0.1, 0.15) is 53.5 Å². The van der Waals surface area contributed by atoms with Gasteiger partial charge in [0, 0.05) is 24.0 Å². The van der Waals surface area contributed by atoms with Crippen molar-refractivity contribution in [1.82, 2.24) is 9.55 Å². The van der Waals surface area contributed by atoms with E-state index in [9.17, 15) is 0 Å². The van der Waals surface area contributed by atoms with Crippen LogP contribution in [0.25, 0.3) is 0 Å². The van der Waals surface area contributed by atoms with Gasteiger partial charge in [-0.1, -0.05) is 13.3 Å². The molecule has 0 amide bonds. The SMILES string of the molecule is CCCC(C)(C)Nc1nccn1C(C)C. The van der Waals surface area contributed by atoms with Gasteiger partial charge < -0.3 is 9.88 Å². The largest absolute Gasteiger partial charge is 0.351 e. The van der Waals surface area contributed by atoms with E-state index in [0.717, 1.165) is 12.4 Å². The third-order valence-electron chi connectivity index (χ3n) is 2.55. The Morgan fingerprint density at radius 1 is 1.47 bits per heavy atom. The molecule has 0 aromatic carbocycles. The number of nitrogens with one attached hydrogen (secondary N) is 1. The lowest BCUT2D eigenvalue weighted by Crippen LogP contribution is -2.32. The molecule has 0 bridgehead atoms. The molecule has 0 aliphatic heterocycles. The molecule has 0 unspecified atom stereocenters. The summed E-state index contributed by atoms with van der Waals surface area (Å²) in [6.07, 6.45) is 6.21. The van der Waals surface area contributed by atoms with Gasteiger partial charge in [0.15, 0.2) is 0 Å². The fourth-order valence-corrected chi connectivity index (χ4v) is 1.82. The minimum absolute atomic E-state index is 0.118. The second-order valence-corrected chi connectivity index (χ2v) is 5.01. The molecule has 1 heterocycles. The second kappa shape index (κ2) is 4.69. The lowest BCUT2D eigenvalue weighted by molar-refractivity contribution is 0.496. The number of nitrogens with zero attached hydrogens (tertiary/aromatic N) is 2. The highest BCUT2D eigenvalue weighted by Crippen LogP contribution is 2.20. The maximum atomic E-state index is 4.36. The van der Waals surface area contributed by atoms with Crippen molar-refractivity contribution in [2.45, 2.75) is 59.0 Å². The Morgan fingerprint density at radius 2 is 2.13 bits per heavy atom. The average Bonchev–Trinajstić information content (AvgIpc) is 2.50. The normalized spacial score (nSPS) is 12.1. The van der Waals surface area contributed by atoms with Gasteiger partial charge in [-0.15, -0.1) is 0 Å². The van der Waals surface area contributed by atoms with E-state index < -0.39 is 0 Å². The number of rotatable bonds is 5. The second-order valence-electron chi connectivity index (χ2n) is 5.01. The highest BCUT2D eigenvalue weighted by atomic mass is 15.2. The Hall–Kier alpha value is -0.990. The molecular weight excluding hydrogens is 186 g/mol. The Labute approximate surface area is 92.9 Å². The molecule has 0 aliphatic rings. The van der Waals surface area contributed by atoms with Gasteiger partial charge in [-0.2, -0.15) is 0 Å². The summed E-state index contributed by atoms with van der Waals surface area (Å²) in [6, 6.07) is 0.451.